The molecule has 1 N–H and O–H groups in total. The molecule has 4 heteroatoms. The smallest absolute Gasteiger partial charge is 0.123 e. The summed E-state index contributed by atoms with van der Waals surface area (Å²) in [6.07, 6.45) is 3.71. The lowest BCUT2D eigenvalue weighted by Crippen LogP contribution is -2.46. The van der Waals surface area contributed by atoms with E-state index in [9.17, 15) is 9.50 Å². The maximum absolute atomic E-state index is 13.0. The number of benzene rings is 2. The van der Waals surface area contributed by atoms with E-state index in [1.165, 1.54) is 31.4 Å². The van der Waals surface area contributed by atoms with Gasteiger partial charge in [-0.2, -0.15) is 0 Å². The molecule has 1 atom stereocenters. The lowest BCUT2D eigenvalue weighted by molar-refractivity contribution is -0.0210. The Balaban J connectivity index is 1.54. The van der Waals surface area contributed by atoms with E-state index in [1.54, 1.807) is 12.1 Å². The molecule has 134 valence electrons. The molecule has 0 aromatic heterocycles. The summed E-state index contributed by atoms with van der Waals surface area (Å²) in [6, 6.07) is 14.1. The van der Waals surface area contributed by atoms with Gasteiger partial charge >= 0.3 is 0 Å². The standard InChI is InChI=1S/C21H26FNO2/c1-21(24,15-23-13-3-2-4-14-23)16-25-20-11-7-18(8-12-20)17-5-9-19(22)10-6-17/h5-12,24H,2-4,13-16H2,1H3. The molecular weight excluding hydrogens is 317 g/mol. The Morgan fingerprint density at radius 3 is 2.12 bits per heavy atom. The highest BCUT2D eigenvalue weighted by atomic mass is 19.1. The van der Waals surface area contributed by atoms with Crippen LogP contribution in [0.5, 0.6) is 5.75 Å². The predicted octanol–water partition coefficient (Wildman–Crippen LogP) is 4.11. The molecule has 0 amide bonds. The van der Waals surface area contributed by atoms with Crippen molar-refractivity contribution in [3.05, 3.63) is 54.3 Å². The van der Waals surface area contributed by atoms with Gasteiger partial charge in [0.2, 0.25) is 0 Å². The average molecular weight is 343 g/mol. The summed E-state index contributed by atoms with van der Waals surface area (Å²) in [5.41, 5.74) is 1.10. The molecule has 1 fully saturated rings. The number of piperidine rings is 1. The topological polar surface area (TPSA) is 32.7 Å². The van der Waals surface area contributed by atoms with Crippen molar-refractivity contribution in [2.24, 2.45) is 0 Å². The van der Waals surface area contributed by atoms with E-state index in [-0.39, 0.29) is 12.4 Å². The van der Waals surface area contributed by atoms with Crippen LogP contribution in [0, 0.1) is 5.82 Å². The Labute approximate surface area is 149 Å². The number of β-amino-alcohol motifs (C(OH)–C–C–N with tert-alkyl or cyclic N) is 1. The van der Waals surface area contributed by atoms with Crippen molar-refractivity contribution >= 4 is 0 Å². The molecule has 2 aromatic carbocycles. The highest BCUT2D eigenvalue weighted by molar-refractivity contribution is 5.63. The second kappa shape index (κ2) is 7.98. The summed E-state index contributed by atoms with van der Waals surface area (Å²) in [5.74, 6) is 0.490. The zero-order valence-electron chi connectivity index (χ0n) is 14.7. The second-order valence-electron chi connectivity index (χ2n) is 7.15. The fourth-order valence-electron chi connectivity index (χ4n) is 3.27. The minimum Gasteiger partial charge on any atom is -0.491 e. The first kappa shape index (κ1) is 17.9. The molecule has 1 aliphatic rings. The molecule has 0 bridgehead atoms. The normalized spacial score (nSPS) is 17.9. The molecule has 3 nitrogen and oxygen atoms in total. The number of rotatable bonds is 6. The van der Waals surface area contributed by atoms with Crippen molar-refractivity contribution in [2.75, 3.05) is 26.2 Å². The summed E-state index contributed by atoms with van der Waals surface area (Å²) in [6.45, 7) is 4.85. The first-order valence-electron chi connectivity index (χ1n) is 8.95. The summed E-state index contributed by atoms with van der Waals surface area (Å²) in [7, 11) is 0. The van der Waals surface area contributed by atoms with Crippen LogP contribution >= 0.6 is 0 Å². The third-order valence-corrected chi connectivity index (χ3v) is 4.59. The van der Waals surface area contributed by atoms with E-state index < -0.39 is 5.60 Å². The third kappa shape index (κ3) is 5.28. The van der Waals surface area contributed by atoms with Gasteiger partial charge in [0.05, 0.1) is 0 Å². The van der Waals surface area contributed by atoms with E-state index in [0.29, 0.717) is 6.54 Å². The fourth-order valence-corrected chi connectivity index (χ4v) is 3.27. The van der Waals surface area contributed by atoms with Crippen LogP contribution < -0.4 is 4.74 Å². The van der Waals surface area contributed by atoms with Gasteiger partial charge in [0.1, 0.15) is 23.8 Å². The van der Waals surface area contributed by atoms with Crippen molar-refractivity contribution in [3.8, 4) is 16.9 Å². The Bertz CT molecular complexity index is 661. The van der Waals surface area contributed by atoms with Crippen molar-refractivity contribution in [3.63, 3.8) is 0 Å². The van der Waals surface area contributed by atoms with Crippen LogP contribution in [0.2, 0.25) is 0 Å². The molecule has 1 saturated heterocycles. The van der Waals surface area contributed by atoms with E-state index in [1.807, 2.05) is 31.2 Å². The number of ether oxygens (including phenoxy) is 1. The molecule has 3 rings (SSSR count). The van der Waals surface area contributed by atoms with Crippen LogP contribution in [0.3, 0.4) is 0 Å². The number of hydrogen-bond acceptors (Lipinski definition) is 3. The van der Waals surface area contributed by atoms with Gasteiger partial charge in [-0.3, -0.25) is 0 Å². The molecule has 0 radical (unpaired) electrons. The van der Waals surface area contributed by atoms with Gasteiger partial charge in [-0.25, -0.2) is 4.39 Å². The van der Waals surface area contributed by atoms with Crippen molar-refractivity contribution < 1.29 is 14.2 Å². The Morgan fingerprint density at radius 1 is 0.960 bits per heavy atom. The van der Waals surface area contributed by atoms with E-state index in [4.69, 9.17) is 4.74 Å². The van der Waals surface area contributed by atoms with Crippen LogP contribution in [-0.4, -0.2) is 41.8 Å². The van der Waals surface area contributed by atoms with Crippen molar-refractivity contribution in [1.82, 2.24) is 4.90 Å². The largest absolute Gasteiger partial charge is 0.491 e. The predicted molar refractivity (Wildman–Crippen MR) is 98.2 cm³/mol. The zero-order valence-corrected chi connectivity index (χ0v) is 14.7. The molecular formula is C21H26FNO2. The van der Waals surface area contributed by atoms with Crippen molar-refractivity contribution in [2.45, 2.75) is 31.8 Å². The van der Waals surface area contributed by atoms with Gasteiger partial charge in [-0.1, -0.05) is 30.7 Å². The van der Waals surface area contributed by atoms with E-state index in [2.05, 4.69) is 4.90 Å². The molecule has 1 unspecified atom stereocenters. The summed E-state index contributed by atoms with van der Waals surface area (Å²) < 4.78 is 18.8. The number of hydrogen-bond donors (Lipinski definition) is 1. The first-order chi connectivity index (χ1) is 12.0. The molecule has 0 aliphatic carbocycles. The minimum absolute atomic E-state index is 0.236. The van der Waals surface area contributed by atoms with Gasteiger partial charge in [0.15, 0.2) is 0 Å². The molecule has 2 aromatic rings. The Morgan fingerprint density at radius 2 is 1.52 bits per heavy atom. The number of nitrogens with zero attached hydrogens (tertiary/aromatic N) is 1. The van der Waals surface area contributed by atoms with E-state index in [0.717, 1.165) is 30.0 Å². The van der Waals surface area contributed by atoms with Gasteiger partial charge in [0.25, 0.3) is 0 Å². The summed E-state index contributed by atoms with van der Waals surface area (Å²) >= 11 is 0. The van der Waals surface area contributed by atoms with Crippen molar-refractivity contribution in [1.29, 1.82) is 0 Å². The summed E-state index contributed by atoms with van der Waals surface area (Å²) in [4.78, 5) is 2.31. The highest BCUT2D eigenvalue weighted by Gasteiger charge is 2.26. The van der Waals surface area contributed by atoms with Crippen LogP contribution in [-0.2, 0) is 0 Å². The van der Waals surface area contributed by atoms with Gasteiger partial charge in [-0.15, -0.1) is 0 Å². The minimum atomic E-state index is -0.868. The molecule has 25 heavy (non-hydrogen) atoms. The molecule has 1 aliphatic heterocycles. The quantitative estimate of drug-likeness (QED) is 0.857. The first-order valence-corrected chi connectivity index (χ1v) is 8.95. The maximum atomic E-state index is 13.0. The monoisotopic (exact) mass is 343 g/mol. The zero-order chi connectivity index (χ0) is 17.7. The third-order valence-electron chi connectivity index (χ3n) is 4.59. The van der Waals surface area contributed by atoms with Gasteiger partial charge in [0, 0.05) is 6.54 Å². The maximum Gasteiger partial charge on any atom is 0.123 e. The van der Waals surface area contributed by atoms with Crippen LogP contribution in [0.4, 0.5) is 4.39 Å². The lowest BCUT2D eigenvalue weighted by atomic mass is 10.0. The fraction of sp³-hybridized carbons (Fsp3) is 0.429. The van der Waals surface area contributed by atoms with Gasteiger partial charge in [-0.05, 0) is 68.2 Å². The number of aliphatic hydroxyl groups is 1. The van der Waals surface area contributed by atoms with Crippen LogP contribution in [0.1, 0.15) is 26.2 Å². The highest BCUT2D eigenvalue weighted by Crippen LogP contribution is 2.23. The van der Waals surface area contributed by atoms with Crippen LogP contribution in [0.15, 0.2) is 48.5 Å². The number of likely N-dealkylation sites (tertiary alicyclic amines) is 1. The molecule has 0 saturated carbocycles. The molecule has 0 spiro atoms. The lowest BCUT2D eigenvalue weighted by Gasteiger charge is -2.33. The Kier molecular flexibility index (Phi) is 5.71. The molecule has 1 heterocycles. The Hall–Kier alpha value is -1.91. The van der Waals surface area contributed by atoms with Crippen LogP contribution in [0.25, 0.3) is 11.1 Å². The average Bonchev–Trinajstić information content (AvgIpc) is 2.62. The van der Waals surface area contributed by atoms with Gasteiger partial charge < -0.3 is 14.7 Å². The summed E-state index contributed by atoms with van der Waals surface area (Å²) in [5, 5.41) is 10.6. The van der Waals surface area contributed by atoms with E-state index >= 15 is 0 Å². The second-order valence-corrected chi connectivity index (χ2v) is 7.15. The number of halogens is 1. The SMILES string of the molecule is CC(O)(COc1ccc(-c2ccc(F)cc2)cc1)CN1CCCCC1.